The summed E-state index contributed by atoms with van der Waals surface area (Å²) >= 11 is 0. The van der Waals surface area contributed by atoms with Gasteiger partial charge in [0.25, 0.3) is 0 Å². The molecule has 1 rings (SSSR count). The summed E-state index contributed by atoms with van der Waals surface area (Å²) in [5.41, 5.74) is 0.371. The molecule has 0 aromatic rings. The van der Waals surface area contributed by atoms with Crippen LogP contribution in [0, 0.1) is 5.41 Å². The molecule has 1 aliphatic rings. The van der Waals surface area contributed by atoms with Crippen LogP contribution in [-0.4, -0.2) is 49.3 Å². The van der Waals surface area contributed by atoms with Crippen molar-refractivity contribution in [1.29, 1.82) is 0 Å². The molecule has 0 saturated carbocycles. The molecule has 1 saturated heterocycles. The van der Waals surface area contributed by atoms with Crippen LogP contribution in [0.4, 0.5) is 0 Å². The number of nitrogens with one attached hydrogen (secondary N) is 1. The maximum absolute atomic E-state index is 5.78. The van der Waals surface area contributed by atoms with Crippen LogP contribution in [0.15, 0.2) is 0 Å². The minimum atomic E-state index is 0.0123. The fraction of sp³-hybridized carbons (Fsp3) is 1.00. The van der Waals surface area contributed by atoms with Crippen LogP contribution in [0.1, 0.15) is 48.0 Å². The van der Waals surface area contributed by atoms with Gasteiger partial charge in [-0.25, -0.2) is 0 Å². The highest BCUT2D eigenvalue weighted by Gasteiger charge is 2.32. The molecule has 0 radical (unpaired) electrons. The van der Waals surface area contributed by atoms with Crippen LogP contribution in [0.5, 0.6) is 0 Å². The third kappa shape index (κ3) is 5.25. The third-order valence-electron chi connectivity index (χ3n) is 3.90. The van der Waals surface area contributed by atoms with Gasteiger partial charge in [-0.15, -0.1) is 0 Å². The number of hydrogen-bond donors (Lipinski definition) is 1. The molecule has 3 heteroatoms. The van der Waals surface area contributed by atoms with E-state index in [1.54, 1.807) is 0 Å². The van der Waals surface area contributed by atoms with Gasteiger partial charge in [0.2, 0.25) is 0 Å². The molecule has 18 heavy (non-hydrogen) atoms. The van der Waals surface area contributed by atoms with E-state index >= 15 is 0 Å². The van der Waals surface area contributed by atoms with E-state index in [0.29, 0.717) is 11.5 Å². The minimum absolute atomic E-state index is 0.0123. The Morgan fingerprint density at radius 3 is 2.56 bits per heavy atom. The molecule has 1 unspecified atom stereocenters. The summed E-state index contributed by atoms with van der Waals surface area (Å²) < 4.78 is 5.78. The molecule has 0 amide bonds. The predicted molar refractivity (Wildman–Crippen MR) is 78.0 cm³/mol. The van der Waals surface area contributed by atoms with Crippen LogP contribution >= 0.6 is 0 Å². The van der Waals surface area contributed by atoms with Crippen molar-refractivity contribution in [2.45, 2.75) is 59.6 Å². The Labute approximate surface area is 113 Å². The molecule has 108 valence electrons. The van der Waals surface area contributed by atoms with Gasteiger partial charge in [0, 0.05) is 32.2 Å². The molecular weight excluding hydrogens is 224 g/mol. The number of hydrogen-bond acceptors (Lipinski definition) is 3. The average molecular weight is 256 g/mol. The molecule has 0 bridgehead atoms. The standard InChI is InChI=1S/C15H32N2O/c1-7-15(6,10-16-13(2)3)12-17-8-9-18-14(4,5)11-17/h13,16H,7-12H2,1-6H3. The Morgan fingerprint density at radius 1 is 1.39 bits per heavy atom. The SMILES string of the molecule is CCC(C)(CNC(C)C)CN1CCOC(C)(C)C1. The van der Waals surface area contributed by atoms with E-state index in [2.05, 4.69) is 51.8 Å². The van der Waals surface area contributed by atoms with Crippen molar-refractivity contribution in [1.82, 2.24) is 10.2 Å². The first-order valence-corrected chi connectivity index (χ1v) is 7.36. The summed E-state index contributed by atoms with van der Waals surface area (Å²) in [6.07, 6.45) is 1.21. The zero-order valence-electron chi connectivity index (χ0n) is 13.2. The fourth-order valence-electron chi connectivity index (χ4n) is 2.53. The summed E-state index contributed by atoms with van der Waals surface area (Å²) in [6.45, 7) is 18.7. The van der Waals surface area contributed by atoms with Crippen LogP contribution in [0.2, 0.25) is 0 Å². The Balaban J connectivity index is 2.51. The van der Waals surface area contributed by atoms with E-state index in [-0.39, 0.29) is 5.60 Å². The van der Waals surface area contributed by atoms with Crippen molar-refractivity contribution in [3.8, 4) is 0 Å². The van der Waals surface area contributed by atoms with Gasteiger partial charge in [-0.1, -0.05) is 27.7 Å². The van der Waals surface area contributed by atoms with Crippen LogP contribution in [0.3, 0.4) is 0 Å². The first-order chi connectivity index (χ1) is 8.26. The van der Waals surface area contributed by atoms with Gasteiger partial charge >= 0.3 is 0 Å². The first-order valence-electron chi connectivity index (χ1n) is 7.36. The van der Waals surface area contributed by atoms with E-state index in [1.807, 2.05) is 0 Å². The highest BCUT2D eigenvalue weighted by atomic mass is 16.5. The van der Waals surface area contributed by atoms with E-state index in [9.17, 15) is 0 Å². The zero-order valence-corrected chi connectivity index (χ0v) is 13.2. The van der Waals surface area contributed by atoms with E-state index in [1.165, 1.54) is 6.42 Å². The summed E-state index contributed by atoms with van der Waals surface area (Å²) in [4.78, 5) is 2.56. The van der Waals surface area contributed by atoms with Gasteiger partial charge in [-0.05, 0) is 25.7 Å². The largest absolute Gasteiger partial charge is 0.373 e. The van der Waals surface area contributed by atoms with Crippen molar-refractivity contribution >= 4 is 0 Å². The number of morpholine rings is 1. The van der Waals surface area contributed by atoms with Crippen molar-refractivity contribution in [3.05, 3.63) is 0 Å². The lowest BCUT2D eigenvalue weighted by Crippen LogP contribution is -2.52. The quantitative estimate of drug-likeness (QED) is 0.790. The molecule has 0 aromatic carbocycles. The second-order valence-electron chi connectivity index (χ2n) is 7.02. The lowest BCUT2D eigenvalue weighted by atomic mass is 9.86. The Morgan fingerprint density at radius 2 is 2.06 bits per heavy atom. The van der Waals surface area contributed by atoms with Crippen LogP contribution in [-0.2, 0) is 4.74 Å². The molecule has 3 nitrogen and oxygen atoms in total. The summed E-state index contributed by atoms with van der Waals surface area (Å²) in [5.74, 6) is 0. The molecule has 1 atom stereocenters. The van der Waals surface area contributed by atoms with E-state index in [4.69, 9.17) is 4.74 Å². The maximum Gasteiger partial charge on any atom is 0.0753 e. The van der Waals surface area contributed by atoms with E-state index < -0.39 is 0 Å². The Bertz CT molecular complexity index is 253. The molecule has 0 spiro atoms. The monoisotopic (exact) mass is 256 g/mol. The van der Waals surface area contributed by atoms with Gasteiger partial charge in [0.15, 0.2) is 0 Å². The van der Waals surface area contributed by atoms with Crippen molar-refractivity contribution in [2.24, 2.45) is 5.41 Å². The zero-order chi connectivity index (χ0) is 13.8. The lowest BCUT2D eigenvalue weighted by molar-refractivity contribution is -0.0936. The van der Waals surface area contributed by atoms with Crippen molar-refractivity contribution in [3.63, 3.8) is 0 Å². The molecule has 0 aromatic heterocycles. The van der Waals surface area contributed by atoms with Gasteiger partial charge in [-0.2, -0.15) is 0 Å². The number of nitrogens with zero attached hydrogens (tertiary/aromatic N) is 1. The minimum Gasteiger partial charge on any atom is -0.373 e. The Hall–Kier alpha value is -0.120. The van der Waals surface area contributed by atoms with Gasteiger partial charge < -0.3 is 10.1 Å². The molecular formula is C15H32N2O. The van der Waals surface area contributed by atoms with Crippen LogP contribution in [0.25, 0.3) is 0 Å². The first kappa shape index (κ1) is 15.9. The Kier molecular flexibility index (Phi) is 5.63. The fourth-order valence-corrected chi connectivity index (χ4v) is 2.53. The van der Waals surface area contributed by atoms with Crippen molar-refractivity contribution < 1.29 is 4.74 Å². The molecule has 1 fully saturated rings. The molecule has 1 aliphatic heterocycles. The second kappa shape index (κ2) is 6.36. The smallest absolute Gasteiger partial charge is 0.0753 e. The normalized spacial score (nSPS) is 24.2. The molecule has 1 N–H and O–H groups in total. The van der Waals surface area contributed by atoms with Crippen molar-refractivity contribution in [2.75, 3.05) is 32.8 Å². The van der Waals surface area contributed by atoms with Crippen LogP contribution < -0.4 is 5.32 Å². The van der Waals surface area contributed by atoms with Gasteiger partial charge in [-0.3, -0.25) is 4.90 Å². The summed E-state index contributed by atoms with van der Waals surface area (Å²) in [6, 6.07) is 0.567. The second-order valence-corrected chi connectivity index (χ2v) is 7.02. The topological polar surface area (TPSA) is 24.5 Å². The van der Waals surface area contributed by atoms with E-state index in [0.717, 1.165) is 32.8 Å². The predicted octanol–water partition coefficient (Wildman–Crippen LogP) is 2.51. The lowest BCUT2D eigenvalue weighted by Gasteiger charge is -2.42. The maximum atomic E-state index is 5.78. The highest BCUT2D eigenvalue weighted by Crippen LogP contribution is 2.25. The summed E-state index contributed by atoms with van der Waals surface area (Å²) in [7, 11) is 0. The molecule has 1 heterocycles. The summed E-state index contributed by atoms with van der Waals surface area (Å²) in [5, 5.41) is 3.59. The average Bonchev–Trinajstić information content (AvgIpc) is 2.25. The highest BCUT2D eigenvalue weighted by molar-refractivity contribution is 4.85. The third-order valence-corrected chi connectivity index (χ3v) is 3.90. The van der Waals surface area contributed by atoms with Gasteiger partial charge in [0.1, 0.15) is 0 Å². The number of rotatable bonds is 6. The number of ether oxygens (including phenoxy) is 1. The van der Waals surface area contributed by atoms with Gasteiger partial charge in [0.05, 0.1) is 12.2 Å². The molecule has 0 aliphatic carbocycles.